The van der Waals surface area contributed by atoms with Crippen LogP contribution in [0.1, 0.15) is 10.4 Å². The Labute approximate surface area is 77.9 Å². The Morgan fingerprint density at radius 3 is 2.45 bits per heavy atom. The molecule has 0 aromatic heterocycles. The lowest BCUT2D eigenvalue weighted by Gasteiger charge is -1.98. The van der Waals surface area contributed by atoms with E-state index in [9.17, 15) is 4.79 Å². The summed E-state index contributed by atoms with van der Waals surface area (Å²) < 4.78 is 0.913. The summed E-state index contributed by atoms with van der Waals surface area (Å²) >= 11 is 2.08. The van der Waals surface area contributed by atoms with E-state index in [1.54, 1.807) is 18.2 Å². The molecule has 4 heteroatoms. The fourth-order valence-corrected chi connectivity index (χ4v) is 1.45. The van der Waals surface area contributed by atoms with Gasteiger partial charge in [0.05, 0.1) is 0 Å². The van der Waals surface area contributed by atoms with Gasteiger partial charge in [-0.25, -0.2) is 0 Å². The lowest BCUT2D eigenvalue weighted by Crippen LogP contribution is -2.11. The van der Waals surface area contributed by atoms with Crippen molar-refractivity contribution < 1.29 is 4.79 Å². The average molecular weight is 262 g/mol. The van der Waals surface area contributed by atoms with E-state index >= 15 is 0 Å². The fourth-order valence-electron chi connectivity index (χ4n) is 0.755. The van der Waals surface area contributed by atoms with Crippen molar-refractivity contribution in [1.82, 2.24) is 0 Å². The largest absolute Gasteiger partial charge is 0.399 e. The predicted octanol–water partition coefficient (Wildman–Crippen LogP) is 0.972. The van der Waals surface area contributed by atoms with Crippen LogP contribution >= 0.6 is 22.6 Å². The van der Waals surface area contributed by atoms with E-state index in [-0.39, 0.29) is 0 Å². The van der Waals surface area contributed by atoms with Crippen LogP contribution in [0.2, 0.25) is 0 Å². The summed E-state index contributed by atoms with van der Waals surface area (Å²) in [5.41, 5.74) is 11.6. The van der Waals surface area contributed by atoms with Crippen molar-refractivity contribution in [2.45, 2.75) is 0 Å². The van der Waals surface area contributed by atoms with Gasteiger partial charge in [-0.2, -0.15) is 0 Å². The highest BCUT2D eigenvalue weighted by atomic mass is 127. The van der Waals surface area contributed by atoms with Gasteiger partial charge in [0.1, 0.15) is 0 Å². The molecule has 1 aromatic carbocycles. The number of hydrogen-bond donors (Lipinski definition) is 2. The zero-order valence-corrected chi connectivity index (χ0v) is 7.83. The molecule has 0 saturated heterocycles. The van der Waals surface area contributed by atoms with Crippen molar-refractivity contribution in [3.05, 3.63) is 27.3 Å². The molecular formula is C7H7IN2O. The van der Waals surface area contributed by atoms with Crippen LogP contribution in [-0.2, 0) is 0 Å². The highest BCUT2D eigenvalue weighted by molar-refractivity contribution is 14.1. The van der Waals surface area contributed by atoms with Gasteiger partial charge in [0.2, 0.25) is 5.91 Å². The highest BCUT2D eigenvalue weighted by Crippen LogP contribution is 2.13. The molecule has 0 heterocycles. The minimum Gasteiger partial charge on any atom is -0.399 e. The number of nitrogens with two attached hydrogens (primary N) is 2. The number of primary amides is 1. The smallest absolute Gasteiger partial charge is 0.248 e. The molecule has 11 heavy (non-hydrogen) atoms. The highest BCUT2D eigenvalue weighted by Gasteiger charge is 2.01. The van der Waals surface area contributed by atoms with Crippen molar-refractivity contribution in [3.8, 4) is 0 Å². The summed E-state index contributed by atoms with van der Waals surface area (Å²) in [5.74, 6) is -0.449. The quantitative estimate of drug-likeness (QED) is 0.585. The van der Waals surface area contributed by atoms with Crippen LogP contribution in [-0.4, -0.2) is 5.91 Å². The normalized spacial score (nSPS) is 9.55. The molecule has 0 fully saturated rings. The predicted molar refractivity (Wildman–Crippen MR) is 52.1 cm³/mol. The summed E-state index contributed by atoms with van der Waals surface area (Å²) in [6.07, 6.45) is 0. The maximum Gasteiger partial charge on any atom is 0.248 e. The van der Waals surface area contributed by atoms with Crippen molar-refractivity contribution in [1.29, 1.82) is 0 Å². The van der Waals surface area contributed by atoms with E-state index in [2.05, 4.69) is 22.6 Å². The van der Waals surface area contributed by atoms with Gasteiger partial charge < -0.3 is 11.5 Å². The zero-order valence-electron chi connectivity index (χ0n) is 5.67. The second-order valence-electron chi connectivity index (χ2n) is 2.14. The molecule has 0 aliphatic heterocycles. The molecule has 0 aliphatic rings. The Morgan fingerprint density at radius 2 is 2.00 bits per heavy atom. The van der Waals surface area contributed by atoms with Gasteiger partial charge in [-0.15, -0.1) is 0 Å². The molecule has 3 nitrogen and oxygen atoms in total. The van der Waals surface area contributed by atoms with Gasteiger partial charge in [-0.3, -0.25) is 4.79 Å². The molecule has 0 saturated carbocycles. The van der Waals surface area contributed by atoms with Crippen molar-refractivity contribution in [2.24, 2.45) is 5.73 Å². The van der Waals surface area contributed by atoms with E-state index in [1.807, 2.05) is 0 Å². The summed E-state index contributed by atoms with van der Waals surface area (Å²) in [4.78, 5) is 10.7. The molecule has 0 bridgehead atoms. The van der Waals surface area contributed by atoms with Gasteiger partial charge in [0.25, 0.3) is 0 Å². The molecule has 4 N–H and O–H groups in total. The van der Waals surface area contributed by atoms with Crippen LogP contribution in [0.3, 0.4) is 0 Å². The third-order valence-electron chi connectivity index (χ3n) is 1.20. The maximum absolute atomic E-state index is 10.7. The number of benzene rings is 1. The Kier molecular flexibility index (Phi) is 2.33. The van der Waals surface area contributed by atoms with Crippen LogP contribution in [0.15, 0.2) is 18.2 Å². The fraction of sp³-hybridized carbons (Fsp3) is 0. The molecule has 58 valence electrons. The topological polar surface area (TPSA) is 69.1 Å². The van der Waals surface area contributed by atoms with Gasteiger partial charge in [0, 0.05) is 14.8 Å². The number of halogens is 1. The molecule has 0 spiro atoms. The molecule has 1 rings (SSSR count). The van der Waals surface area contributed by atoms with E-state index in [1.165, 1.54) is 0 Å². The minimum absolute atomic E-state index is 0.449. The first-order chi connectivity index (χ1) is 5.09. The summed E-state index contributed by atoms with van der Waals surface area (Å²) in [5, 5.41) is 0. The minimum atomic E-state index is -0.449. The number of carbonyl (C=O) groups excluding carboxylic acids is 1. The van der Waals surface area contributed by atoms with E-state index < -0.39 is 5.91 Å². The number of nitrogen functional groups attached to an aromatic ring is 1. The second-order valence-corrected chi connectivity index (χ2v) is 3.38. The number of rotatable bonds is 1. The molecule has 0 atom stereocenters. The van der Waals surface area contributed by atoms with Gasteiger partial charge in [0.15, 0.2) is 0 Å². The summed E-state index contributed by atoms with van der Waals surface area (Å²) in [6, 6.07) is 5.02. The second kappa shape index (κ2) is 3.08. The van der Waals surface area contributed by atoms with Crippen molar-refractivity contribution >= 4 is 34.2 Å². The molecular weight excluding hydrogens is 255 g/mol. The van der Waals surface area contributed by atoms with E-state index in [0.717, 1.165) is 3.57 Å². The summed E-state index contributed by atoms with van der Waals surface area (Å²) in [6.45, 7) is 0. The monoisotopic (exact) mass is 262 g/mol. The zero-order chi connectivity index (χ0) is 8.43. The SMILES string of the molecule is NC(=O)c1cc(N)cc(I)c1. The van der Waals surface area contributed by atoms with E-state index in [0.29, 0.717) is 11.3 Å². The third-order valence-corrected chi connectivity index (χ3v) is 1.83. The standard InChI is InChI=1S/C7H7IN2O/c8-5-1-4(7(10)11)2-6(9)3-5/h1-3H,9H2,(H2,10,11). The Bertz CT molecular complexity index is 278. The van der Waals surface area contributed by atoms with Crippen molar-refractivity contribution in [2.75, 3.05) is 5.73 Å². The van der Waals surface area contributed by atoms with Crippen molar-refractivity contribution in [3.63, 3.8) is 0 Å². The lowest BCUT2D eigenvalue weighted by atomic mass is 10.2. The number of amides is 1. The first-order valence-corrected chi connectivity index (χ1v) is 4.03. The lowest BCUT2D eigenvalue weighted by molar-refractivity contribution is 0.100. The van der Waals surface area contributed by atoms with Crippen LogP contribution in [0.25, 0.3) is 0 Å². The summed E-state index contributed by atoms with van der Waals surface area (Å²) in [7, 11) is 0. The van der Waals surface area contributed by atoms with Crippen LogP contribution in [0.4, 0.5) is 5.69 Å². The first kappa shape index (κ1) is 8.32. The Morgan fingerprint density at radius 1 is 1.36 bits per heavy atom. The van der Waals surface area contributed by atoms with Crippen LogP contribution < -0.4 is 11.5 Å². The Balaban J connectivity index is 3.19. The third kappa shape index (κ3) is 2.07. The molecule has 0 unspecified atom stereocenters. The molecule has 1 amide bonds. The Hall–Kier alpha value is -0.780. The first-order valence-electron chi connectivity index (χ1n) is 2.95. The van der Waals surface area contributed by atoms with E-state index in [4.69, 9.17) is 11.5 Å². The molecule has 0 aliphatic carbocycles. The molecule has 0 radical (unpaired) electrons. The number of anilines is 1. The number of carbonyl (C=O) groups is 1. The average Bonchev–Trinajstić information content (AvgIpc) is 1.85. The van der Waals surface area contributed by atoms with Crippen LogP contribution in [0.5, 0.6) is 0 Å². The van der Waals surface area contributed by atoms with Crippen LogP contribution in [0, 0.1) is 3.57 Å². The maximum atomic E-state index is 10.7. The van der Waals surface area contributed by atoms with Gasteiger partial charge in [-0.05, 0) is 40.8 Å². The number of hydrogen-bond acceptors (Lipinski definition) is 2. The van der Waals surface area contributed by atoms with Gasteiger partial charge >= 0.3 is 0 Å². The van der Waals surface area contributed by atoms with Gasteiger partial charge in [-0.1, -0.05) is 0 Å². The molecule has 1 aromatic rings.